The van der Waals surface area contributed by atoms with Crippen molar-refractivity contribution in [2.45, 2.75) is 19.2 Å². The summed E-state index contributed by atoms with van der Waals surface area (Å²) in [6, 6.07) is 9.91. The lowest BCUT2D eigenvalue weighted by molar-refractivity contribution is 0.0901. The van der Waals surface area contributed by atoms with Crippen molar-refractivity contribution in [2.75, 3.05) is 6.54 Å². The Balaban J connectivity index is 1.78. The molecule has 2 heterocycles. The van der Waals surface area contributed by atoms with E-state index in [0.717, 1.165) is 29.2 Å². The maximum atomic E-state index is 10.1. The second-order valence-corrected chi connectivity index (χ2v) is 5.98. The average Bonchev–Trinajstić information content (AvgIpc) is 2.81. The first-order valence-electron chi connectivity index (χ1n) is 5.94. The molecule has 0 saturated heterocycles. The zero-order valence-corrected chi connectivity index (χ0v) is 11.4. The smallest absolute Gasteiger partial charge is 0.0928 e. The highest BCUT2D eigenvalue weighted by Gasteiger charge is 2.24. The zero-order chi connectivity index (χ0) is 12.5. The molecule has 2 nitrogen and oxygen atoms in total. The minimum Gasteiger partial charge on any atom is -0.387 e. The number of halogens is 1. The van der Waals surface area contributed by atoms with Crippen LogP contribution in [0, 0.1) is 0 Å². The Labute approximate surface area is 115 Å². The van der Waals surface area contributed by atoms with Crippen LogP contribution in [0.4, 0.5) is 0 Å². The van der Waals surface area contributed by atoms with E-state index < -0.39 is 0 Å². The van der Waals surface area contributed by atoms with Gasteiger partial charge in [0, 0.05) is 29.5 Å². The van der Waals surface area contributed by atoms with Crippen LogP contribution in [0.15, 0.2) is 35.7 Å². The molecule has 0 spiro atoms. The van der Waals surface area contributed by atoms with E-state index in [9.17, 15) is 5.11 Å². The van der Waals surface area contributed by atoms with Crippen molar-refractivity contribution in [1.82, 2.24) is 4.90 Å². The lowest BCUT2D eigenvalue weighted by Gasteiger charge is -2.30. The molecule has 1 aromatic carbocycles. The predicted octanol–water partition coefficient (Wildman–Crippen LogP) is 3.45. The number of thiophene rings is 1. The molecular weight excluding hydrogens is 266 g/mol. The van der Waals surface area contributed by atoms with Gasteiger partial charge in [-0.3, -0.25) is 4.90 Å². The highest BCUT2D eigenvalue weighted by molar-refractivity contribution is 7.10. The van der Waals surface area contributed by atoms with Gasteiger partial charge >= 0.3 is 0 Å². The van der Waals surface area contributed by atoms with E-state index in [0.29, 0.717) is 6.54 Å². The number of hydrogen-bond donors (Lipinski definition) is 1. The van der Waals surface area contributed by atoms with Crippen LogP contribution >= 0.6 is 22.9 Å². The molecule has 1 aliphatic rings. The van der Waals surface area contributed by atoms with Gasteiger partial charge in [0.05, 0.1) is 6.10 Å². The zero-order valence-electron chi connectivity index (χ0n) is 9.84. The van der Waals surface area contributed by atoms with Gasteiger partial charge in [-0.25, -0.2) is 0 Å². The fourth-order valence-corrected chi connectivity index (χ4v) is 3.55. The van der Waals surface area contributed by atoms with E-state index in [1.165, 1.54) is 4.88 Å². The number of β-amino-alcohol motifs (C(OH)–C–C–N with tert-alkyl or cyclic N) is 1. The van der Waals surface area contributed by atoms with Crippen LogP contribution < -0.4 is 0 Å². The fourth-order valence-electron chi connectivity index (χ4n) is 2.37. The van der Waals surface area contributed by atoms with Crippen LogP contribution in [0.2, 0.25) is 5.02 Å². The van der Waals surface area contributed by atoms with E-state index in [1.54, 1.807) is 11.3 Å². The topological polar surface area (TPSA) is 23.5 Å². The van der Waals surface area contributed by atoms with Gasteiger partial charge < -0.3 is 5.11 Å². The third kappa shape index (κ3) is 2.31. The molecule has 0 saturated carbocycles. The number of hydrogen-bond acceptors (Lipinski definition) is 3. The third-order valence-electron chi connectivity index (χ3n) is 3.29. The average molecular weight is 280 g/mol. The van der Waals surface area contributed by atoms with E-state index in [-0.39, 0.29) is 6.10 Å². The first-order valence-corrected chi connectivity index (χ1v) is 7.20. The van der Waals surface area contributed by atoms with E-state index in [4.69, 9.17) is 11.6 Å². The minimum atomic E-state index is -0.373. The fraction of sp³-hybridized carbons (Fsp3) is 0.286. The van der Waals surface area contributed by atoms with Gasteiger partial charge in [-0.1, -0.05) is 29.8 Å². The number of nitrogens with zero attached hydrogens (tertiary/aromatic N) is 1. The molecule has 1 aliphatic heterocycles. The summed E-state index contributed by atoms with van der Waals surface area (Å²) in [4.78, 5) is 3.51. The van der Waals surface area contributed by atoms with E-state index in [2.05, 4.69) is 4.90 Å². The molecular formula is C14H14ClNOS. The van der Waals surface area contributed by atoms with Gasteiger partial charge in [-0.2, -0.15) is 0 Å². The normalized spacial score (nSPS) is 19.8. The SMILES string of the molecule is OC1CN(Cc2ccccc2Cl)Cc2sccc21. The van der Waals surface area contributed by atoms with Gasteiger partial charge in [-0.15, -0.1) is 11.3 Å². The number of fused-ring (bicyclic) bond motifs is 1. The molecule has 0 amide bonds. The molecule has 1 N–H and O–H groups in total. The van der Waals surface area contributed by atoms with Crippen molar-refractivity contribution in [3.63, 3.8) is 0 Å². The molecule has 3 rings (SSSR count). The van der Waals surface area contributed by atoms with Gasteiger partial charge in [0.25, 0.3) is 0 Å². The number of aliphatic hydroxyl groups is 1. The van der Waals surface area contributed by atoms with Gasteiger partial charge in [0.2, 0.25) is 0 Å². The van der Waals surface area contributed by atoms with Crippen LogP contribution in [0.1, 0.15) is 22.1 Å². The summed E-state index contributed by atoms with van der Waals surface area (Å²) in [7, 11) is 0. The summed E-state index contributed by atoms with van der Waals surface area (Å²) in [5, 5.41) is 12.9. The van der Waals surface area contributed by atoms with Crippen molar-refractivity contribution in [1.29, 1.82) is 0 Å². The van der Waals surface area contributed by atoms with Crippen molar-refractivity contribution in [2.24, 2.45) is 0 Å². The summed E-state index contributed by atoms with van der Waals surface area (Å²) in [6.07, 6.45) is -0.373. The molecule has 0 fully saturated rings. The molecule has 0 aliphatic carbocycles. The van der Waals surface area contributed by atoms with Gasteiger partial charge in [0.1, 0.15) is 0 Å². The third-order valence-corrected chi connectivity index (χ3v) is 4.58. The number of rotatable bonds is 2. The highest BCUT2D eigenvalue weighted by atomic mass is 35.5. The van der Waals surface area contributed by atoms with Crippen molar-refractivity contribution < 1.29 is 5.11 Å². The summed E-state index contributed by atoms with van der Waals surface area (Å²) >= 11 is 7.89. The molecule has 1 unspecified atom stereocenters. The van der Waals surface area contributed by atoms with Gasteiger partial charge in [0.15, 0.2) is 0 Å². The minimum absolute atomic E-state index is 0.373. The Morgan fingerprint density at radius 1 is 1.33 bits per heavy atom. The van der Waals surface area contributed by atoms with Crippen LogP contribution in [-0.4, -0.2) is 16.6 Å². The number of aliphatic hydroxyl groups excluding tert-OH is 1. The van der Waals surface area contributed by atoms with Gasteiger partial charge in [-0.05, 0) is 28.6 Å². The molecule has 94 valence electrons. The Morgan fingerprint density at radius 2 is 2.17 bits per heavy atom. The Bertz CT molecular complexity index is 554. The van der Waals surface area contributed by atoms with Crippen molar-refractivity contribution >= 4 is 22.9 Å². The maximum absolute atomic E-state index is 10.1. The first-order chi connectivity index (χ1) is 8.74. The monoisotopic (exact) mass is 279 g/mol. The lowest BCUT2D eigenvalue weighted by atomic mass is 10.1. The maximum Gasteiger partial charge on any atom is 0.0928 e. The summed E-state index contributed by atoms with van der Waals surface area (Å²) in [6.45, 7) is 2.36. The predicted molar refractivity (Wildman–Crippen MR) is 74.8 cm³/mol. The first kappa shape index (κ1) is 12.2. The summed E-state index contributed by atoms with van der Waals surface area (Å²) in [5.74, 6) is 0. The summed E-state index contributed by atoms with van der Waals surface area (Å²) in [5.41, 5.74) is 2.21. The molecule has 4 heteroatoms. The lowest BCUT2D eigenvalue weighted by Crippen LogP contribution is -2.32. The molecule has 2 aromatic rings. The molecule has 1 aromatic heterocycles. The standard InChI is InChI=1S/C14H14ClNOS/c15-12-4-2-1-3-10(12)7-16-8-13(17)11-5-6-18-14(11)9-16/h1-6,13,17H,7-9H2. The van der Waals surface area contributed by atoms with Crippen LogP contribution in [0.25, 0.3) is 0 Å². The Hall–Kier alpha value is -0.870. The Kier molecular flexibility index (Phi) is 3.39. The largest absolute Gasteiger partial charge is 0.387 e. The quantitative estimate of drug-likeness (QED) is 0.910. The van der Waals surface area contributed by atoms with E-state index in [1.807, 2.05) is 35.7 Å². The van der Waals surface area contributed by atoms with Crippen molar-refractivity contribution in [3.05, 3.63) is 56.7 Å². The molecule has 0 bridgehead atoms. The second-order valence-electron chi connectivity index (χ2n) is 4.58. The highest BCUT2D eigenvalue weighted by Crippen LogP contribution is 2.31. The van der Waals surface area contributed by atoms with Crippen molar-refractivity contribution in [3.8, 4) is 0 Å². The molecule has 1 atom stereocenters. The van der Waals surface area contributed by atoms with Crippen LogP contribution in [0.5, 0.6) is 0 Å². The second kappa shape index (κ2) is 5.02. The molecule has 18 heavy (non-hydrogen) atoms. The van der Waals surface area contributed by atoms with Crippen LogP contribution in [-0.2, 0) is 13.1 Å². The Morgan fingerprint density at radius 3 is 3.00 bits per heavy atom. The summed E-state index contributed by atoms with van der Waals surface area (Å²) < 4.78 is 0. The van der Waals surface area contributed by atoms with Crippen LogP contribution in [0.3, 0.4) is 0 Å². The van der Waals surface area contributed by atoms with E-state index >= 15 is 0 Å². The number of benzene rings is 1. The molecule has 0 radical (unpaired) electrons.